The zero-order valence-electron chi connectivity index (χ0n) is 11.6. The summed E-state index contributed by atoms with van der Waals surface area (Å²) in [5, 5.41) is 3.40. The third-order valence-electron chi connectivity index (χ3n) is 3.38. The van der Waals surface area contributed by atoms with E-state index in [0.717, 1.165) is 19.5 Å². The van der Waals surface area contributed by atoms with Gasteiger partial charge in [0.25, 0.3) is 0 Å². The zero-order valence-corrected chi connectivity index (χ0v) is 13.7. The van der Waals surface area contributed by atoms with Crippen LogP contribution in [0.15, 0.2) is 48.5 Å². The zero-order chi connectivity index (χ0) is 14.4. The van der Waals surface area contributed by atoms with Crippen molar-refractivity contribution >= 4 is 22.6 Å². The second kappa shape index (κ2) is 7.74. The Balaban J connectivity index is 2.14. The van der Waals surface area contributed by atoms with Gasteiger partial charge in [-0.1, -0.05) is 31.2 Å². The Morgan fingerprint density at radius 1 is 1.05 bits per heavy atom. The molecule has 0 saturated heterocycles. The Morgan fingerprint density at radius 2 is 1.70 bits per heavy atom. The lowest BCUT2D eigenvalue weighted by molar-refractivity contribution is 0.590. The predicted octanol–water partition coefficient (Wildman–Crippen LogP) is 4.37. The summed E-state index contributed by atoms with van der Waals surface area (Å²) in [6, 6.07) is 15.5. The van der Waals surface area contributed by atoms with Crippen molar-refractivity contribution in [3.05, 3.63) is 69.0 Å². The van der Waals surface area contributed by atoms with Gasteiger partial charge in [-0.3, -0.25) is 0 Å². The van der Waals surface area contributed by atoms with Gasteiger partial charge in [0.05, 0.1) is 0 Å². The number of benzene rings is 2. The van der Waals surface area contributed by atoms with Crippen LogP contribution in [0.1, 0.15) is 24.0 Å². The minimum absolute atomic E-state index is 0.176. The van der Waals surface area contributed by atoms with E-state index >= 15 is 0 Å². The second-order valence-electron chi connectivity index (χ2n) is 4.89. The SMILES string of the molecule is CCNCC(Cc1ccc(I)cc1)c1ccc(F)cc1. The molecule has 20 heavy (non-hydrogen) atoms. The molecule has 0 aliphatic carbocycles. The summed E-state index contributed by atoms with van der Waals surface area (Å²) < 4.78 is 14.3. The fraction of sp³-hybridized carbons (Fsp3) is 0.294. The lowest BCUT2D eigenvalue weighted by atomic mass is 9.92. The predicted molar refractivity (Wildman–Crippen MR) is 90.5 cm³/mol. The van der Waals surface area contributed by atoms with Gasteiger partial charge in [0.2, 0.25) is 0 Å². The minimum Gasteiger partial charge on any atom is -0.316 e. The smallest absolute Gasteiger partial charge is 0.123 e. The molecular weight excluding hydrogens is 364 g/mol. The summed E-state index contributed by atoms with van der Waals surface area (Å²) >= 11 is 2.31. The molecule has 2 aromatic rings. The van der Waals surface area contributed by atoms with Gasteiger partial charge in [-0.25, -0.2) is 4.39 Å². The van der Waals surface area contributed by atoms with Crippen LogP contribution in [0.4, 0.5) is 4.39 Å². The molecule has 1 N–H and O–H groups in total. The van der Waals surface area contributed by atoms with Crippen LogP contribution in [-0.2, 0) is 6.42 Å². The molecule has 2 rings (SSSR count). The molecule has 0 heterocycles. The number of rotatable bonds is 6. The first-order valence-corrected chi connectivity index (χ1v) is 7.97. The van der Waals surface area contributed by atoms with Crippen LogP contribution in [0.5, 0.6) is 0 Å². The number of halogens is 2. The van der Waals surface area contributed by atoms with Crippen LogP contribution >= 0.6 is 22.6 Å². The monoisotopic (exact) mass is 383 g/mol. The Kier molecular flexibility index (Phi) is 5.98. The van der Waals surface area contributed by atoms with E-state index in [4.69, 9.17) is 0 Å². The summed E-state index contributed by atoms with van der Waals surface area (Å²) in [6.07, 6.45) is 0.968. The average Bonchev–Trinajstić information content (AvgIpc) is 2.46. The maximum atomic E-state index is 13.1. The minimum atomic E-state index is -0.176. The maximum Gasteiger partial charge on any atom is 0.123 e. The number of likely N-dealkylation sites (N-methyl/N-ethyl adjacent to an activating group) is 1. The molecule has 1 nitrogen and oxygen atoms in total. The van der Waals surface area contributed by atoms with E-state index in [2.05, 4.69) is 59.1 Å². The van der Waals surface area contributed by atoms with Gasteiger partial charge < -0.3 is 5.32 Å². The lowest BCUT2D eigenvalue weighted by Crippen LogP contribution is -2.22. The van der Waals surface area contributed by atoms with Crippen LogP contribution in [0.25, 0.3) is 0 Å². The molecule has 0 aliphatic rings. The van der Waals surface area contributed by atoms with E-state index in [-0.39, 0.29) is 5.82 Å². The van der Waals surface area contributed by atoms with Crippen LogP contribution in [0, 0.1) is 9.39 Å². The first-order chi connectivity index (χ1) is 9.69. The second-order valence-corrected chi connectivity index (χ2v) is 6.13. The molecular formula is C17H19FIN. The molecule has 1 atom stereocenters. The van der Waals surface area contributed by atoms with Crippen LogP contribution in [0.2, 0.25) is 0 Å². The molecule has 0 fully saturated rings. The van der Waals surface area contributed by atoms with Crippen LogP contribution in [0.3, 0.4) is 0 Å². The van der Waals surface area contributed by atoms with Crippen molar-refractivity contribution in [1.29, 1.82) is 0 Å². The topological polar surface area (TPSA) is 12.0 Å². The summed E-state index contributed by atoms with van der Waals surface area (Å²) in [5.41, 5.74) is 2.50. The van der Waals surface area contributed by atoms with E-state index in [1.165, 1.54) is 14.7 Å². The summed E-state index contributed by atoms with van der Waals surface area (Å²) in [6.45, 7) is 3.96. The average molecular weight is 383 g/mol. The molecule has 3 heteroatoms. The highest BCUT2D eigenvalue weighted by molar-refractivity contribution is 14.1. The van der Waals surface area contributed by atoms with Gasteiger partial charge in [-0.2, -0.15) is 0 Å². The van der Waals surface area contributed by atoms with Gasteiger partial charge in [-0.05, 0) is 70.9 Å². The number of hydrogen-bond donors (Lipinski definition) is 1. The third-order valence-corrected chi connectivity index (χ3v) is 4.10. The first-order valence-electron chi connectivity index (χ1n) is 6.89. The standard InChI is InChI=1S/C17H19FIN/c1-2-20-12-15(14-5-7-16(18)8-6-14)11-13-3-9-17(19)10-4-13/h3-10,15,20H,2,11-12H2,1H3. The molecule has 0 spiro atoms. The van der Waals surface area contributed by atoms with Gasteiger partial charge >= 0.3 is 0 Å². The van der Waals surface area contributed by atoms with Crippen molar-refractivity contribution in [1.82, 2.24) is 5.32 Å². The maximum absolute atomic E-state index is 13.1. The van der Waals surface area contributed by atoms with Gasteiger partial charge in [-0.15, -0.1) is 0 Å². The summed E-state index contributed by atoms with van der Waals surface area (Å²) in [5.74, 6) is 0.195. The Bertz CT molecular complexity index is 522. The summed E-state index contributed by atoms with van der Waals surface area (Å²) in [4.78, 5) is 0. The summed E-state index contributed by atoms with van der Waals surface area (Å²) in [7, 11) is 0. The molecule has 0 amide bonds. The molecule has 0 saturated carbocycles. The Labute approximate surface area is 133 Å². The van der Waals surface area contributed by atoms with Gasteiger partial charge in [0.15, 0.2) is 0 Å². The largest absolute Gasteiger partial charge is 0.316 e. The van der Waals surface area contributed by atoms with Crippen LogP contribution in [-0.4, -0.2) is 13.1 Å². The van der Waals surface area contributed by atoms with Crippen molar-refractivity contribution in [3.8, 4) is 0 Å². The fourth-order valence-electron chi connectivity index (χ4n) is 2.27. The third kappa shape index (κ3) is 4.56. The molecule has 106 valence electrons. The highest BCUT2D eigenvalue weighted by atomic mass is 127. The van der Waals surface area contributed by atoms with Gasteiger partial charge in [0, 0.05) is 16.0 Å². The highest BCUT2D eigenvalue weighted by Gasteiger charge is 2.12. The van der Waals surface area contributed by atoms with E-state index < -0.39 is 0 Å². The quantitative estimate of drug-likeness (QED) is 0.731. The van der Waals surface area contributed by atoms with E-state index in [9.17, 15) is 4.39 Å². The molecule has 0 bridgehead atoms. The first kappa shape index (κ1) is 15.4. The van der Waals surface area contributed by atoms with Crippen molar-refractivity contribution in [3.63, 3.8) is 0 Å². The van der Waals surface area contributed by atoms with Crippen molar-refractivity contribution < 1.29 is 4.39 Å². The van der Waals surface area contributed by atoms with Crippen molar-refractivity contribution in [2.75, 3.05) is 13.1 Å². The Hall–Kier alpha value is -0.940. The van der Waals surface area contributed by atoms with Crippen molar-refractivity contribution in [2.45, 2.75) is 19.3 Å². The Morgan fingerprint density at radius 3 is 2.30 bits per heavy atom. The van der Waals surface area contributed by atoms with E-state index in [1.807, 2.05) is 12.1 Å². The molecule has 0 aliphatic heterocycles. The highest BCUT2D eigenvalue weighted by Crippen LogP contribution is 2.21. The lowest BCUT2D eigenvalue weighted by Gasteiger charge is -2.18. The van der Waals surface area contributed by atoms with E-state index in [0.29, 0.717) is 5.92 Å². The molecule has 2 aromatic carbocycles. The van der Waals surface area contributed by atoms with Crippen molar-refractivity contribution in [2.24, 2.45) is 0 Å². The van der Waals surface area contributed by atoms with Gasteiger partial charge in [0.1, 0.15) is 5.82 Å². The number of hydrogen-bond acceptors (Lipinski definition) is 1. The van der Waals surface area contributed by atoms with E-state index in [1.54, 1.807) is 12.1 Å². The molecule has 0 radical (unpaired) electrons. The van der Waals surface area contributed by atoms with Crippen LogP contribution < -0.4 is 5.32 Å². The number of nitrogens with one attached hydrogen (secondary N) is 1. The fourth-order valence-corrected chi connectivity index (χ4v) is 2.63. The molecule has 0 aromatic heterocycles. The molecule has 1 unspecified atom stereocenters. The normalized spacial score (nSPS) is 12.3.